The predicted molar refractivity (Wildman–Crippen MR) is 109 cm³/mol. The Hall–Kier alpha value is -1.69. The fraction of sp³-hybridized carbons (Fsp3) is 0.263. The van der Waals surface area contributed by atoms with Crippen LogP contribution in [-0.4, -0.2) is 34.9 Å². The fourth-order valence-electron chi connectivity index (χ4n) is 2.40. The first-order valence-corrected chi connectivity index (χ1v) is 9.93. The summed E-state index contributed by atoms with van der Waals surface area (Å²) in [5.41, 5.74) is 1.73. The monoisotopic (exact) mass is 408 g/mol. The Morgan fingerprint density at radius 2 is 2.00 bits per heavy atom. The molecule has 1 heterocycles. The number of thioether (sulfide) groups is 1. The van der Waals surface area contributed by atoms with Gasteiger partial charge in [-0.25, -0.2) is 4.99 Å². The van der Waals surface area contributed by atoms with Crippen LogP contribution in [0, 0.1) is 6.92 Å². The van der Waals surface area contributed by atoms with Gasteiger partial charge >= 0.3 is 0 Å². The van der Waals surface area contributed by atoms with Crippen molar-refractivity contribution in [2.75, 3.05) is 18.9 Å². The molecular formula is C19H18Cl2N2O2S. The van der Waals surface area contributed by atoms with Gasteiger partial charge in [-0.3, -0.25) is 9.69 Å². The standard InChI is InChI=1S/C19H18Cl2N2O2S/c1-13-3-6-15(11-17(13)21)22-19-23(9-2-10-26-19)18(24)12-25-16-7-4-14(20)5-8-16/h3-8,11H,2,9-10,12H2,1H3. The highest BCUT2D eigenvalue weighted by molar-refractivity contribution is 8.13. The van der Waals surface area contributed by atoms with E-state index in [4.69, 9.17) is 27.9 Å². The molecule has 136 valence electrons. The second-order valence-electron chi connectivity index (χ2n) is 5.82. The Morgan fingerprint density at radius 1 is 1.23 bits per heavy atom. The van der Waals surface area contributed by atoms with E-state index < -0.39 is 0 Å². The molecule has 1 fully saturated rings. The van der Waals surface area contributed by atoms with Gasteiger partial charge in [0, 0.05) is 22.3 Å². The summed E-state index contributed by atoms with van der Waals surface area (Å²) in [6, 6.07) is 12.6. The highest BCUT2D eigenvalue weighted by Crippen LogP contribution is 2.26. The van der Waals surface area contributed by atoms with Gasteiger partial charge in [0.1, 0.15) is 5.75 Å². The third kappa shape index (κ3) is 4.93. The van der Waals surface area contributed by atoms with Crippen molar-refractivity contribution in [3.05, 3.63) is 58.1 Å². The van der Waals surface area contributed by atoms with E-state index in [2.05, 4.69) is 4.99 Å². The average molecular weight is 409 g/mol. The number of nitrogens with zero attached hydrogens (tertiary/aromatic N) is 2. The number of rotatable bonds is 4. The van der Waals surface area contributed by atoms with Crippen LogP contribution in [0.1, 0.15) is 12.0 Å². The molecule has 0 saturated carbocycles. The van der Waals surface area contributed by atoms with Crippen molar-refractivity contribution in [1.29, 1.82) is 0 Å². The first-order chi connectivity index (χ1) is 12.5. The Morgan fingerprint density at radius 3 is 2.73 bits per heavy atom. The average Bonchev–Trinajstić information content (AvgIpc) is 2.64. The molecule has 1 aliphatic rings. The molecule has 0 bridgehead atoms. The van der Waals surface area contributed by atoms with Crippen LogP contribution in [0.5, 0.6) is 5.75 Å². The highest BCUT2D eigenvalue weighted by atomic mass is 35.5. The molecule has 0 unspecified atom stereocenters. The van der Waals surface area contributed by atoms with Crippen molar-refractivity contribution in [3.8, 4) is 5.75 Å². The van der Waals surface area contributed by atoms with Crippen LogP contribution in [0.2, 0.25) is 10.0 Å². The molecule has 4 nitrogen and oxygen atoms in total. The zero-order valence-corrected chi connectivity index (χ0v) is 16.6. The van der Waals surface area contributed by atoms with E-state index in [1.54, 1.807) is 40.9 Å². The zero-order chi connectivity index (χ0) is 18.5. The molecule has 1 aliphatic heterocycles. The number of aliphatic imine (C=N–C) groups is 1. The lowest BCUT2D eigenvalue weighted by molar-refractivity contribution is -0.129. The van der Waals surface area contributed by atoms with Crippen LogP contribution in [-0.2, 0) is 4.79 Å². The van der Waals surface area contributed by atoms with Gasteiger partial charge in [-0.2, -0.15) is 0 Å². The SMILES string of the molecule is Cc1ccc(N=C2SCCCN2C(=O)COc2ccc(Cl)cc2)cc1Cl. The second-order valence-corrected chi connectivity index (χ2v) is 7.72. The lowest BCUT2D eigenvalue weighted by Gasteiger charge is -2.27. The number of benzene rings is 2. The first kappa shape index (κ1) is 19.1. The largest absolute Gasteiger partial charge is 0.484 e. The van der Waals surface area contributed by atoms with E-state index in [0.717, 1.165) is 23.4 Å². The Labute approximate surface area is 167 Å². The van der Waals surface area contributed by atoms with Gasteiger partial charge in [0.2, 0.25) is 0 Å². The molecule has 0 radical (unpaired) electrons. The van der Waals surface area contributed by atoms with Crippen LogP contribution in [0.25, 0.3) is 0 Å². The highest BCUT2D eigenvalue weighted by Gasteiger charge is 2.24. The Bertz CT molecular complexity index is 825. The van der Waals surface area contributed by atoms with Crippen molar-refractivity contribution in [1.82, 2.24) is 4.90 Å². The van der Waals surface area contributed by atoms with E-state index in [1.807, 2.05) is 25.1 Å². The van der Waals surface area contributed by atoms with E-state index in [-0.39, 0.29) is 12.5 Å². The topological polar surface area (TPSA) is 41.9 Å². The maximum absolute atomic E-state index is 12.6. The normalized spacial score (nSPS) is 16.0. The first-order valence-electron chi connectivity index (χ1n) is 8.19. The molecule has 0 spiro atoms. The number of carbonyl (C=O) groups is 1. The van der Waals surface area contributed by atoms with Crippen LogP contribution < -0.4 is 4.74 Å². The van der Waals surface area contributed by atoms with E-state index in [9.17, 15) is 4.79 Å². The number of halogens is 2. The summed E-state index contributed by atoms with van der Waals surface area (Å²) < 4.78 is 5.57. The van der Waals surface area contributed by atoms with Crippen LogP contribution in [0.4, 0.5) is 5.69 Å². The molecule has 0 atom stereocenters. The number of carbonyl (C=O) groups excluding carboxylic acids is 1. The Kier molecular flexibility index (Phi) is 6.46. The van der Waals surface area contributed by atoms with Gasteiger partial charge in [0.15, 0.2) is 11.8 Å². The number of amidine groups is 1. The van der Waals surface area contributed by atoms with Gasteiger partial charge in [-0.05, 0) is 55.3 Å². The van der Waals surface area contributed by atoms with E-state index >= 15 is 0 Å². The molecule has 1 amide bonds. The molecule has 0 aliphatic carbocycles. The summed E-state index contributed by atoms with van der Waals surface area (Å²) in [6.07, 6.45) is 0.922. The van der Waals surface area contributed by atoms with Crippen LogP contribution in [0.15, 0.2) is 47.5 Å². The molecule has 2 aromatic carbocycles. The lowest BCUT2D eigenvalue weighted by atomic mass is 10.2. The molecule has 7 heteroatoms. The van der Waals surface area contributed by atoms with Crippen molar-refractivity contribution >= 4 is 51.7 Å². The van der Waals surface area contributed by atoms with Crippen molar-refractivity contribution in [2.45, 2.75) is 13.3 Å². The number of hydrogen-bond donors (Lipinski definition) is 0. The molecule has 1 saturated heterocycles. The summed E-state index contributed by atoms with van der Waals surface area (Å²) in [7, 11) is 0. The maximum atomic E-state index is 12.6. The maximum Gasteiger partial charge on any atom is 0.266 e. The number of aryl methyl sites for hydroxylation is 1. The summed E-state index contributed by atoms with van der Waals surface area (Å²) >= 11 is 13.6. The van der Waals surface area contributed by atoms with Gasteiger partial charge in [-0.1, -0.05) is 41.0 Å². The number of amides is 1. The minimum absolute atomic E-state index is 0.0458. The van der Waals surface area contributed by atoms with E-state index in [1.165, 1.54) is 0 Å². The summed E-state index contributed by atoms with van der Waals surface area (Å²) in [5, 5.41) is 1.97. The quantitative estimate of drug-likeness (QED) is 0.685. The Balaban J connectivity index is 1.71. The predicted octanol–water partition coefficient (Wildman–Crippen LogP) is 5.33. The van der Waals surface area contributed by atoms with Gasteiger partial charge in [-0.15, -0.1) is 0 Å². The van der Waals surface area contributed by atoms with Crippen molar-refractivity contribution in [3.63, 3.8) is 0 Å². The van der Waals surface area contributed by atoms with Crippen LogP contribution >= 0.6 is 35.0 Å². The molecule has 2 aromatic rings. The van der Waals surface area contributed by atoms with E-state index in [0.29, 0.717) is 27.5 Å². The van der Waals surface area contributed by atoms with Crippen LogP contribution in [0.3, 0.4) is 0 Å². The van der Waals surface area contributed by atoms with Gasteiger partial charge in [0.25, 0.3) is 5.91 Å². The third-order valence-corrected chi connectivity index (χ3v) is 5.57. The smallest absolute Gasteiger partial charge is 0.266 e. The summed E-state index contributed by atoms with van der Waals surface area (Å²) in [4.78, 5) is 18.9. The zero-order valence-electron chi connectivity index (χ0n) is 14.2. The van der Waals surface area contributed by atoms with Crippen molar-refractivity contribution < 1.29 is 9.53 Å². The molecule has 0 N–H and O–H groups in total. The summed E-state index contributed by atoms with van der Waals surface area (Å²) in [6.45, 7) is 2.53. The molecule has 26 heavy (non-hydrogen) atoms. The number of ether oxygens (including phenoxy) is 1. The number of hydrogen-bond acceptors (Lipinski definition) is 4. The minimum Gasteiger partial charge on any atom is -0.484 e. The second kappa shape index (κ2) is 8.80. The summed E-state index contributed by atoms with van der Waals surface area (Å²) in [5.74, 6) is 1.42. The molecular weight excluding hydrogens is 391 g/mol. The third-order valence-electron chi connectivity index (χ3n) is 3.85. The van der Waals surface area contributed by atoms with Crippen molar-refractivity contribution in [2.24, 2.45) is 4.99 Å². The lowest BCUT2D eigenvalue weighted by Crippen LogP contribution is -2.41. The van der Waals surface area contributed by atoms with Gasteiger partial charge < -0.3 is 4.74 Å². The molecule has 3 rings (SSSR count). The minimum atomic E-state index is -0.121. The molecule has 0 aromatic heterocycles. The fourth-order valence-corrected chi connectivity index (χ4v) is 3.67. The van der Waals surface area contributed by atoms with Gasteiger partial charge in [0.05, 0.1) is 5.69 Å².